The van der Waals surface area contributed by atoms with E-state index in [0.717, 1.165) is 24.3 Å². The van der Waals surface area contributed by atoms with E-state index in [1.165, 1.54) is 24.3 Å². The number of hydrogen-bond donors (Lipinski definition) is 4. The van der Waals surface area contributed by atoms with Crippen LogP contribution in [0.4, 0.5) is 11.4 Å². The minimum atomic E-state index is -4.89. The van der Waals surface area contributed by atoms with Crippen LogP contribution in [0.3, 0.4) is 0 Å². The number of azo groups is 1. The van der Waals surface area contributed by atoms with E-state index in [1.54, 1.807) is 0 Å². The fraction of sp³-hybridized carbons (Fsp3) is 0.111. The molecule has 0 saturated heterocycles. The normalized spacial score (nSPS) is 12.5. The number of ether oxygens (including phenoxy) is 1. The molecule has 164 valence electrons. The first-order valence-corrected chi connectivity index (χ1v) is 11.4. The summed E-state index contributed by atoms with van der Waals surface area (Å²) in [5.74, 6) is -0.214. The number of fused-ring (bicyclic) bond motifs is 1. The molecule has 0 atom stereocenters. The summed E-state index contributed by atoms with van der Waals surface area (Å²) < 4.78 is 70.2. The van der Waals surface area contributed by atoms with E-state index in [9.17, 15) is 26.5 Å². The molecular formula is C18H16N2O9S2. The van der Waals surface area contributed by atoms with Gasteiger partial charge < -0.3 is 14.9 Å². The lowest BCUT2D eigenvalue weighted by Crippen LogP contribution is -2.01. The Hall–Kier alpha value is -3.10. The molecule has 0 radical (unpaired) electrons. The van der Waals surface area contributed by atoms with Gasteiger partial charge in [0.25, 0.3) is 20.2 Å². The van der Waals surface area contributed by atoms with Gasteiger partial charge in [-0.15, -0.1) is 5.11 Å². The quantitative estimate of drug-likeness (QED) is 0.299. The van der Waals surface area contributed by atoms with Gasteiger partial charge in [-0.3, -0.25) is 9.11 Å². The average molecular weight is 468 g/mol. The second kappa shape index (κ2) is 8.56. The molecule has 13 heteroatoms. The van der Waals surface area contributed by atoms with Crippen LogP contribution in [-0.4, -0.2) is 49.4 Å². The smallest absolute Gasteiger partial charge is 0.296 e. The van der Waals surface area contributed by atoms with E-state index >= 15 is 0 Å². The molecule has 3 rings (SSSR count). The summed E-state index contributed by atoms with van der Waals surface area (Å²) in [6, 6.07) is 10.0. The maximum absolute atomic E-state index is 11.8. The predicted molar refractivity (Wildman–Crippen MR) is 108 cm³/mol. The Bertz CT molecular complexity index is 1370. The highest BCUT2D eigenvalue weighted by molar-refractivity contribution is 7.86. The molecule has 0 aromatic heterocycles. The lowest BCUT2D eigenvalue weighted by Gasteiger charge is -2.09. The van der Waals surface area contributed by atoms with Gasteiger partial charge in [-0.25, -0.2) is 0 Å². The van der Waals surface area contributed by atoms with E-state index in [0.29, 0.717) is 5.75 Å². The van der Waals surface area contributed by atoms with E-state index in [2.05, 4.69) is 10.2 Å². The number of aliphatic hydroxyl groups is 1. The zero-order valence-electron chi connectivity index (χ0n) is 15.6. The molecule has 0 aliphatic rings. The Balaban J connectivity index is 2.10. The standard InChI is InChI=1S/C18H16N2O9S2/c21-7-8-29-13-3-1-12(2-4-13)19-20-17-16(31(26,27)28)10-11-9-14(30(23,24)25)5-6-15(11)18(17)22/h1-6,9-10,21-22H,7-8H2,(H,23,24,25)(H,26,27,28). The van der Waals surface area contributed by atoms with Crippen molar-refractivity contribution in [2.75, 3.05) is 13.2 Å². The Labute approximate surface area is 176 Å². The van der Waals surface area contributed by atoms with Gasteiger partial charge >= 0.3 is 0 Å². The number of aromatic hydroxyl groups is 1. The van der Waals surface area contributed by atoms with Gasteiger partial charge in [-0.1, -0.05) is 0 Å². The van der Waals surface area contributed by atoms with Gasteiger partial charge in [0.05, 0.1) is 17.2 Å². The van der Waals surface area contributed by atoms with Gasteiger partial charge in [0.2, 0.25) is 0 Å². The lowest BCUT2D eigenvalue weighted by molar-refractivity contribution is 0.201. The third-order valence-electron chi connectivity index (χ3n) is 4.06. The molecule has 0 aliphatic carbocycles. The van der Waals surface area contributed by atoms with Gasteiger partial charge in [0.1, 0.15) is 22.9 Å². The average Bonchev–Trinajstić information content (AvgIpc) is 2.70. The molecule has 0 spiro atoms. The van der Waals surface area contributed by atoms with E-state index in [-0.39, 0.29) is 29.7 Å². The highest BCUT2D eigenvalue weighted by Gasteiger charge is 2.23. The predicted octanol–water partition coefficient (Wildman–Crippen LogP) is 2.83. The number of nitrogens with zero attached hydrogens (tertiary/aromatic N) is 2. The third kappa shape index (κ3) is 5.15. The molecule has 3 aromatic carbocycles. The van der Waals surface area contributed by atoms with Gasteiger partial charge in [0.15, 0.2) is 5.75 Å². The monoisotopic (exact) mass is 468 g/mol. The highest BCUT2D eigenvalue weighted by Crippen LogP contribution is 2.41. The van der Waals surface area contributed by atoms with Gasteiger partial charge in [-0.05, 0) is 53.9 Å². The first-order chi connectivity index (χ1) is 14.5. The minimum Gasteiger partial charge on any atom is -0.505 e. The summed E-state index contributed by atoms with van der Waals surface area (Å²) in [5, 5.41) is 26.8. The molecule has 31 heavy (non-hydrogen) atoms. The maximum Gasteiger partial charge on any atom is 0.296 e. The fourth-order valence-corrected chi connectivity index (χ4v) is 3.84. The van der Waals surface area contributed by atoms with Crippen molar-refractivity contribution < 1.29 is 40.9 Å². The van der Waals surface area contributed by atoms with Crippen LogP contribution >= 0.6 is 0 Å². The Morgan fingerprint density at radius 1 is 0.871 bits per heavy atom. The maximum atomic E-state index is 11.8. The summed E-state index contributed by atoms with van der Waals surface area (Å²) in [6.07, 6.45) is 0. The van der Waals surface area contributed by atoms with Gasteiger partial charge in [0, 0.05) is 5.39 Å². The third-order valence-corrected chi connectivity index (χ3v) is 5.78. The van der Waals surface area contributed by atoms with Crippen molar-refractivity contribution in [1.29, 1.82) is 0 Å². The number of rotatable bonds is 7. The van der Waals surface area contributed by atoms with Crippen LogP contribution in [0.5, 0.6) is 11.5 Å². The zero-order valence-corrected chi connectivity index (χ0v) is 17.2. The Morgan fingerprint density at radius 3 is 2.13 bits per heavy atom. The van der Waals surface area contributed by atoms with Gasteiger partial charge in [-0.2, -0.15) is 21.9 Å². The van der Waals surface area contributed by atoms with Crippen LogP contribution in [0.15, 0.2) is 68.6 Å². The molecule has 11 nitrogen and oxygen atoms in total. The van der Waals surface area contributed by atoms with Crippen LogP contribution in [0.25, 0.3) is 10.8 Å². The van der Waals surface area contributed by atoms with Crippen molar-refractivity contribution in [3.8, 4) is 11.5 Å². The van der Waals surface area contributed by atoms with Crippen molar-refractivity contribution in [2.45, 2.75) is 9.79 Å². The first-order valence-electron chi connectivity index (χ1n) is 8.51. The van der Waals surface area contributed by atoms with E-state index in [4.69, 9.17) is 14.4 Å². The zero-order chi connectivity index (χ0) is 22.8. The van der Waals surface area contributed by atoms with E-state index in [1.807, 2.05) is 0 Å². The molecule has 0 saturated carbocycles. The Morgan fingerprint density at radius 2 is 1.55 bits per heavy atom. The van der Waals surface area contributed by atoms with Crippen molar-refractivity contribution in [1.82, 2.24) is 0 Å². The van der Waals surface area contributed by atoms with Crippen LogP contribution in [-0.2, 0) is 20.2 Å². The van der Waals surface area contributed by atoms with Crippen LogP contribution < -0.4 is 4.74 Å². The molecule has 0 bridgehead atoms. The topological polar surface area (TPSA) is 183 Å². The molecular weight excluding hydrogens is 452 g/mol. The van der Waals surface area contributed by atoms with Crippen molar-refractivity contribution >= 4 is 42.4 Å². The van der Waals surface area contributed by atoms with Crippen LogP contribution in [0, 0.1) is 0 Å². The second-order valence-electron chi connectivity index (χ2n) is 6.17. The lowest BCUT2D eigenvalue weighted by atomic mass is 10.1. The number of phenols is 1. The minimum absolute atomic E-state index is 0.0153. The molecule has 0 amide bonds. The molecule has 4 N–H and O–H groups in total. The molecule has 0 unspecified atom stereocenters. The molecule has 0 aliphatic heterocycles. The second-order valence-corrected chi connectivity index (χ2v) is 8.98. The van der Waals surface area contributed by atoms with E-state index < -0.39 is 41.5 Å². The fourth-order valence-electron chi connectivity index (χ4n) is 2.66. The summed E-state index contributed by atoms with van der Waals surface area (Å²) in [6.45, 7) is -0.0598. The SMILES string of the molecule is O=S(=O)(O)c1ccc2c(O)c(N=Nc3ccc(OCCO)cc3)c(S(=O)(=O)O)cc2c1. The highest BCUT2D eigenvalue weighted by atomic mass is 32.2. The van der Waals surface area contributed by atoms with Crippen molar-refractivity contribution in [3.05, 3.63) is 48.5 Å². The molecule has 0 heterocycles. The summed E-state index contributed by atoms with van der Waals surface area (Å²) in [5.41, 5.74) is -0.297. The Kier molecular flexibility index (Phi) is 6.24. The molecule has 0 fully saturated rings. The largest absolute Gasteiger partial charge is 0.505 e. The molecule has 3 aromatic rings. The first kappa shape index (κ1) is 22.6. The number of hydrogen-bond acceptors (Lipinski definition) is 9. The van der Waals surface area contributed by atoms with Crippen LogP contribution in [0.2, 0.25) is 0 Å². The number of aliphatic hydroxyl groups excluding tert-OH is 1. The van der Waals surface area contributed by atoms with Crippen molar-refractivity contribution in [3.63, 3.8) is 0 Å². The number of phenolic OH excluding ortho intramolecular Hbond substituents is 1. The van der Waals surface area contributed by atoms with Crippen molar-refractivity contribution in [2.24, 2.45) is 10.2 Å². The number of benzene rings is 3. The van der Waals surface area contributed by atoms with Crippen LogP contribution in [0.1, 0.15) is 0 Å². The summed E-state index contributed by atoms with van der Waals surface area (Å²) in [7, 11) is -9.47. The summed E-state index contributed by atoms with van der Waals surface area (Å²) in [4.78, 5) is -1.34. The summed E-state index contributed by atoms with van der Waals surface area (Å²) >= 11 is 0.